The number of nitrogens with zero attached hydrogens (tertiary/aromatic N) is 2. The van der Waals surface area contributed by atoms with Crippen LogP contribution in [0, 0.1) is 17.8 Å². The molecule has 0 aromatic heterocycles. The molecule has 0 spiro atoms. The first-order valence-corrected chi connectivity index (χ1v) is 10.0. The maximum Gasteiger partial charge on any atom is 0.243 e. The van der Waals surface area contributed by atoms with E-state index in [1.807, 2.05) is 6.07 Å². The predicted octanol–water partition coefficient (Wildman–Crippen LogP) is 2.21. The second-order valence-corrected chi connectivity index (χ2v) is 9.00. The van der Waals surface area contributed by atoms with Crippen molar-refractivity contribution in [1.29, 1.82) is 0 Å². The number of hydrogen-bond donors (Lipinski definition) is 0. The Kier molecular flexibility index (Phi) is 4.03. The molecular weight excluding hydrogens is 308 g/mol. The topological polar surface area (TPSA) is 40.6 Å². The number of allylic oxidation sites excluding steroid dienone is 2. The highest BCUT2D eigenvalue weighted by molar-refractivity contribution is 7.89. The van der Waals surface area contributed by atoms with Crippen molar-refractivity contribution in [2.75, 3.05) is 32.7 Å². The Morgan fingerprint density at radius 2 is 1.70 bits per heavy atom. The van der Waals surface area contributed by atoms with Gasteiger partial charge < -0.3 is 4.90 Å². The minimum atomic E-state index is -3.33. The van der Waals surface area contributed by atoms with Crippen LogP contribution in [-0.4, -0.2) is 50.3 Å². The van der Waals surface area contributed by atoms with Gasteiger partial charge in [-0.3, -0.25) is 0 Å². The third kappa shape index (κ3) is 2.97. The van der Waals surface area contributed by atoms with Crippen molar-refractivity contribution in [3.8, 4) is 0 Å². The smallest absolute Gasteiger partial charge is 0.243 e. The summed E-state index contributed by atoms with van der Waals surface area (Å²) in [7, 11) is -3.33. The maximum atomic E-state index is 12.6. The Bertz CT molecular complexity index is 678. The van der Waals surface area contributed by atoms with Crippen LogP contribution in [0.3, 0.4) is 0 Å². The number of benzene rings is 1. The SMILES string of the molecule is O=S(=O)(c1ccccc1)N1CCN(C[C@@H]2C[C@@H]3C=C[C@@H]2C3)CC1. The molecule has 1 saturated carbocycles. The van der Waals surface area contributed by atoms with E-state index in [4.69, 9.17) is 0 Å². The van der Waals surface area contributed by atoms with E-state index < -0.39 is 10.0 Å². The van der Waals surface area contributed by atoms with Crippen molar-refractivity contribution in [1.82, 2.24) is 9.21 Å². The molecule has 4 rings (SSSR count). The van der Waals surface area contributed by atoms with Gasteiger partial charge in [0.05, 0.1) is 4.90 Å². The third-order valence-electron chi connectivity index (χ3n) is 5.62. The quantitative estimate of drug-likeness (QED) is 0.794. The van der Waals surface area contributed by atoms with Gasteiger partial charge in [-0.2, -0.15) is 4.31 Å². The number of fused-ring (bicyclic) bond motifs is 2. The minimum Gasteiger partial charge on any atom is -0.300 e. The van der Waals surface area contributed by atoms with Crippen LogP contribution in [-0.2, 0) is 10.0 Å². The Hall–Kier alpha value is -1.17. The molecule has 0 amide bonds. The molecule has 124 valence electrons. The van der Waals surface area contributed by atoms with Crippen LogP contribution < -0.4 is 0 Å². The van der Waals surface area contributed by atoms with Crippen LogP contribution in [0.5, 0.6) is 0 Å². The molecule has 0 radical (unpaired) electrons. The summed E-state index contributed by atoms with van der Waals surface area (Å²) >= 11 is 0. The Morgan fingerprint density at radius 3 is 2.30 bits per heavy atom. The monoisotopic (exact) mass is 332 g/mol. The maximum absolute atomic E-state index is 12.6. The molecular formula is C18H24N2O2S. The number of rotatable bonds is 4. The van der Waals surface area contributed by atoms with E-state index in [0.717, 1.165) is 37.4 Å². The lowest BCUT2D eigenvalue weighted by molar-refractivity contribution is 0.156. The average Bonchev–Trinajstić information content (AvgIpc) is 3.19. The normalized spacial score (nSPS) is 31.7. The van der Waals surface area contributed by atoms with Crippen LogP contribution in [0.2, 0.25) is 0 Å². The van der Waals surface area contributed by atoms with Gasteiger partial charge in [-0.15, -0.1) is 0 Å². The summed E-state index contributed by atoms with van der Waals surface area (Å²) in [5, 5.41) is 0. The summed E-state index contributed by atoms with van der Waals surface area (Å²) in [5.74, 6) is 2.36. The molecule has 1 aromatic carbocycles. The lowest BCUT2D eigenvalue weighted by Crippen LogP contribution is -2.49. The van der Waals surface area contributed by atoms with Crippen LogP contribution in [0.4, 0.5) is 0 Å². The fraction of sp³-hybridized carbons (Fsp3) is 0.556. The molecule has 2 aliphatic carbocycles. The zero-order valence-electron chi connectivity index (χ0n) is 13.3. The molecule has 5 heteroatoms. The molecule has 1 aromatic rings. The molecule has 3 aliphatic rings. The van der Waals surface area contributed by atoms with E-state index >= 15 is 0 Å². The molecule has 2 bridgehead atoms. The van der Waals surface area contributed by atoms with E-state index in [-0.39, 0.29) is 0 Å². The number of hydrogen-bond acceptors (Lipinski definition) is 3. The van der Waals surface area contributed by atoms with Crippen molar-refractivity contribution in [3.05, 3.63) is 42.5 Å². The lowest BCUT2D eigenvalue weighted by Gasteiger charge is -2.36. The van der Waals surface area contributed by atoms with Crippen molar-refractivity contribution in [2.45, 2.75) is 17.7 Å². The first kappa shape index (κ1) is 15.4. The largest absolute Gasteiger partial charge is 0.300 e. The van der Waals surface area contributed by atoms with Crippen molar-refractivity contribution in [2.24, 2.45) is 17.8 Å². The molecule has 2 fully saturated rings. The van der Waals surface area contributed by atoms with Gasteiger partial charge in [-0.25, -0.2) is 8.42 Å². The molecule has 23 heavy (non-hydrogen) atoms. The van der Waals surface area contributed by atoms with Crippen molar-refractivity contribution < 1.29 is 8.42 Å². The van der Waals surface area contributed by atoms with Gasteiger partial charge in [0.2, 0.25) is 10.0 Å². The zero-order valence-corrected chi connectivity index (χ0v) is 14.2. The Morgan fingerprint density at radius 1 is 0.957 bits per heavy atom. The molecule has 0 N–H and O–H groups in total. The second kappa shape index (κ2) is 6.04. The fourth-order valence-electron chi connectivity index (χ4n) is 4.33. The first-order chi connectivity index (χ1) is 11.1. The standard InChI is InChI=1S/C18H24N2O2S/c21-23(22,18-4-2-1-3-5-18)20-10-8-19(9-11-20)14-17-13-15-6-7-16(17)12-15/h1-7,15-17H,8-14H2/t15-,16-,17+/m1/s1. The molecule has 1 aliphatic heterocycles. The van der Waals surface area contributed by atoms with Crippen LogP contribution in [0.15, 0.2) is 47.4 Å². The molecule has 1 saturated heterocycles. The zero-order chi connectivity index (χ0) is 15.9. The Balaban J connectivity index is 1.35. The van der Waals surface area contributed by atoms with Crippen LogP contribution >= 0.6 is 0 Å². The van der Waals surface area contributed by atoms with Gasteiger partial charge in [0.25, 0.3) is 0 Å². The van der Waals surface area contributed by atoms with Gasteiger partial charge >= 0.3 is 0 Å². The molecule has 3 atom stereocenters. The van der Waals surface area contributed by atoms with Gasteiger partial charge in [-0.05, 0) is 42.7 Å². The van der Waals surface area contributed by atoms with Gasteiger partial charge in [-0.1, -0.05) is 30.4 Å². The lowest BCUT2D eigenvalue weighted by atomic mass is 9.93. The number of sulfonamides is 1. The number of piperazine rings is 1. The molecule has 4 nitrogen and oxygen atoms in total. The second-order valence-electron chi connectivity index (χ2n) is 7.06. The highest BCUT2D eigenvalue weighted by atomic mass is 32.2. The van der Waals surface area contributed by atoms with Gasteiger partial charge in [0.15, 0.2) is 0 Å². The fourth-order valence-corrected chi connectivity index (χ4v) is 5.77. The summed E-state index contributed by atoms with van der Waals surface area (Å²) in [5.41, 5.74) is 0. The van der Waals surface area contributed by atoms with Crippen molar-refractivity contribution >= 4 is 10.0 Å². The summed E-state index contributed by atoms with van der Waals surface area (Å²) < 4.78 is 26.9. The predicted molar refractivity (Wildman–Crippen MR) is 90.5 cm³/mol. The van der Waals surface area contributed by atoms with E-state index in [2.05, 4.69) is 17.1 Å². The highest BCUT2D eigenvalue weighted by Gasteiger charge is 2.37. The van der Waals surface area contributed by atoms with E-state index in [0.29, 0.717) is 18.0 Å². The van der Waals surface area contributed by atoms with E-state index in [9.17, 15) is 8.42 Å². The summed E-state index contributed by atoms with van der Waals surface area (Å²) in [6.45, 7) is 4.04. The Labute approximate surface area is 138 Å². The minimum absolute atomic E-state index is 0.409. The van der Waals surface area contributed by atoms with E-state index in [1.165, 1.54) is 12.8 Å². The highest BCUT2D eigenvalue weighted by Crippen LogP contribution is 2.43. The third-order valence-corrected chi connectivity index (χ3v) is 7.53. The summed E-state index contributed by atoms with van der Waals surface area (Å²) in [4.78, 5) is 2.86. The summed E-state index contributed by atoms with van der Waals surface area (Å²) in [6, 6.07) is 8.78. The molecule has 0 unspecified atom stereocenters. The van der Waals surface area contributed by atoms with E-state index in [1.54, 1.807) is 28.6 Å². The van der Waals surface area contributed by atoms with Crippen LogP contribution in [0.25, 0.3) is 0 Å². The van der Waals surface area contributed by atoms with Crippen LogP contribution in [0.1, 0.15) is 12.8 Å². The summed E-state index contributed by atoms with van der Waals surface area (Å²) in [6.07, 6.45) is 7.44. The van der Waals surface area contributed by atoms with Gasteiger partial charge in [0.1, 0.15) is 0 Å². The van der Waals surface area contributed by atoms with Gasteiger partial charge in [0, 0.05) is 32.7 Å². The molecule has 1 heterocycles. The average molecular weight is 332 g/mol. The first-order valence-electron chi connectivity index (χ1n) is 8.59. The van der Waals surface area contributed by atoms with Crippen molar-refractivity contribution in [3.63, 3.8) is 0 Å².